The first-order valence-electron chi connectivity index (χ1n) is 13.0. The van der Waals surface area contributed by atoms with Gasteiger partial charge in [-0.2, -0.15) is 4.57 Å². The summed E-state index contributed by atoms with van der Waals surface area (Å²) < 4.78 is 3.47. The zero-order valence-corrected chi connectivity index (χ0v) is 22.1. The standard InChI is InChI=1S/C30H25N7O3/c1-3-7-24(38)35-15-6-8-22(35)28-34-26(27-29-32-19(2)18-25(39)36(29)16-17-37(27)28)20-10-12-21(13-11-20)30(40)33-23-9-4-5-14-31-23/h4-5,9-14,16-17,22H,6,8,15,18H2,1-2H3/p+1/t22-/m0/s1. The van der Waals surface area contributed by atoms with Gasteiger partial charge in [0.05, 0.1) is 12.2 Å². The lowest BCUT2D eigenvalue weighted by Crippen LogP contribution is -2.46. The van der Waals surface area contributed by atoms with Crippen LogP contribution in [0, 0.1) is 11.8 Å². The molecule has 0 saturated carbocycles. The number of likely N-dealkylation sites (tertiary alicyclic amines) is 1. The topological polar surface area (TPSA) is 113 Å². The maximum Gasteiger partial charge on any atom is 0.356 e. The first kappa shape index (κ1) is 25.1. The van der Waals surface area contributed by atoms with E-state index in [1.54, 1.807) is 65.3 Å². The van der Waals surface area contributed by atoms with Crippen LogP contribution in [0.1, 0.15) is 60.1 Å². The van der Waals surface area contributed by atoms with Crippen LogP contribution in [-0.2, 0) is 4.79 Å². The van der Waals surface area contributed by atoms with E-state index in [9.17, 15) is 14.4 Å². The summed E-state index contributed by atoms with van der Waals surface area (Å²) in [4.78, 5) is 54.2. The van der Waals surface area contributed by atoms with Gasteiger partial charge in [0.25, 0.3) is 11.8 Å². The highest BCUT2D eigenvalue weighted by Gasteiger charge is 2.37. The maximum absolute atomic E-state index is 12.9. The Morgan fingerprint density at radius 1 is 1.15 bits per heavy atom. The number of nitrogens with one attached hydrogen (secondary N) is 1. The van der Waals surface area contributed by atoms with Gasteiger partial charge >= 0.3 is 11.7 Å². The molecule has 0 radical (unpaired) electrons. The molecule has 0 bridgehead atoms. The van der Waals surface area contributed by atoms with E-state index in [1.165, 1.54) is 0 Å². The summed E-state index contributed by atoms with van der Waals surface area (Å²) in [5.74, 6) is 6.41. The number of carbonyl (C=O) groups is 3. The number of nitrogens with zero attached hydrogens (tertiary/aromatic N) is 6. The molecule has 0 spiro atoms. The summed E-state index contributed by atoms with van der Waals surface area (Å²) in [6.45, 7) is 4.07. The Morgan fingerprint density at radius 2 is 1.98 bits per heavy atom. The number of fused-ring (bicyclic) bond motifs is 3. The number of aliphatic imine (C=N–C) groups is 1. The first-order valence-corrected chi connectivity index (χ1v) is 13.0. The Morgan fingerprint density at radius 3 is 2.73 bits per heavy atom. The molecule has 10 nitrogen and oxygen atoms in total. The molecule has 40 heavy (non-hydrogen) atoms. The van der Waals surface area contributed by atoms with Gasteiger partial charge in [0.15, 0.2) is 5.52 Å². The normalized spacial score (nSPS) is 16.2. The van der Waals surface area contributed by atoms with Crippen LogP contribution in [0.3, 0.4) is 0 Å². The SMILES string of the molecule is CC#CC(=O)N1CCC[C@H]1c1nc(-c2ccc(C(=O)Nc3ccccn3)cc2)c2c3[n+](ccn12)C(=O)CC(C)=N3. The molecule has 10 heteroatoms. The van der Waals surface area contributed by atoms with Crippen LogP contribution in [0.15, 0.2) is 66.0 Å². The predicted octanol–water partition coefficient (Wildman–Crippen LogP) is 3.76. The van der Waals surface area contributed by atoms with Crippen molar-refractivity contribution in [2.24, 2.45) is 4.99 Å². The molecular formula is C30H26N7O3+. The number of aromatic nitrogens is 4. The second-order valence-electron chi connectivity index (χ2n) is 9.72. The van der Waals surface area contributed by atoms with Crippen molar-refractivity contribution in [2.45, 2.75) is 39.2 Å². The third-order valence-corrected chi connectivity index (χ3v) is 7.09. The average Bonchev–Trinajstić information content (AvgIpc) is 3.59. The molecule has 2 amide bonds. The molecule has 1 saturated heterocycles. The quantitative estimate of drug-likeness (QED) is 0.318. The Kier molecular flexibility index (Phi) is 6.40. The highest BCUT2D eigenvalue weighted by molar-refractivity contribution is 6.04. The fourth-order valence-corrected chi connectivity index (χ4v) is 5.26. The van der Waals surface area contributed by atoms with E-state index in [0.717, 1.165) is 18.4 Å². The Bertz CT molecular complexity index is 1760. The van der Waals surface area contributed by atoms with E-state index >= 15 is 0 Å². The number of benzene rings is 1. The highest BCUT2D eigenvalue weighted by atomic mass is 16.2. The number of imidazole rings is 1. The number of rotatable bonds is 4. The summed E-state index contributed by atoms with van der Waals surface area (Å²) >= 11 is 0. The van der Waals surface area contributed by atoms with E-state index in [0.29, 0.717) is 46.5 Å². The molecule has 1 aromatic carbocycles. The summed E-state index contributed by atoms with van der Waals surface area (Å²) in [6, 6.07) is 12.1. The fraction of sp³-hybridized carbons (Fsp3) is 0.233. The number of anilines is 1. The lowest BCUT2D eigenvalue weighted by atomic mass is 10.1. The maximum atomic E-state index is 12.9. The summed E-state index contributed by atoms with van der Waals surface area (Å²) in [5.41, 5.74) is 3.20. The summed E-state index contributed by atoms with van der Waals surface area (Å²) in [7, 11) is 0. The molecule has 2 aliphatic heterocycles. The van der Waals surface area contributed by atoms with E-state index in [1.807, 2.05) is 23.5 Å². The van der Waals surface area contributed by atoms with Gasteiger partial charge in [-0.25, -0.2) is 14.8 Å². The van der Waals surface area contributed by atoms with Gasteiger partial charge in [-0.05, 0) is 61.9 Å². The third-order valence-electron chi connectivity index (χ3n) is 7.09. The molecule has 4 aromatic rings. The predicted molar refractivity (Wildman–Crippen MR) is 148 cm³/mol. The molecule has 1 N–H and O–H groups in total. The first-order chi connectivity index (χ1) is 19.4. The molecular weight excluding hydrogens is 506 g/mol. The van der Waals surface area contributed by atoms with Gasteiger partial charge in [-0.3, -0.25) is 14.0 Å². The smallest absolute Gasteiger partial charge is 0.322 e. The monoisotopic (exact) mass is 532 g/mol. The van der Waals surface area contributed by atoms with Crippen molar-refractivity contribution in [1.29, 1.82) is 0 Å². The number of pyridine rings is 1. The minimum absolute atomic E-state index is 0.0730. The minimum Gasteiger partial charge on any atom is -0.322 e. The highest BCUT2D eigenvalue weighted by Crippen LogP contribution is 2.37. The number of hydrogen-bond acceptors (Lipinski definition) is 6. The zero-order chi connectivity index (χ0) is 27.8. The number of hydrogen-bond donors (Lipinski definition) is 1. The van der Waals surface area contributed by atoms with Crippen LogP contribution in [0.5, 0.6) is 0 Å². The molecule has 5 heterocycles. The van der Waals surface area contributed by atoms with Gasteiger partial charge in [0.1, 0.15) is 35.7 Å². The van der Waals surface area contributed by atoms with Crippen LogP contribution in [0.4, 0.5) is 11.6 Å². The Balaban J connectivity index is 1.46. The van der Waals surface area contributed by atoms with Crippen LogP contribution in [-0.4, -0.2) is 49.2 Å². The van der Waals surface area contributed by atoms with Crippen LogP contribution < -0.4 is 9.88 Å². The molecule has 0 unspecified atom stereocenters. The van der Waals surface area contributed by atoms with Crippen molar-refractivity contribution in [3.63, 3.8) is 0 Å². The van der Waals surface area contributed by atoms with Gasteiger partial charge < -0.3 is 10.2 Å². The molecule has 6 rings (SSSR count). The van der Waals surface area contributed by atoms with Gasteiger partial charge in [-0.1, -0.05) is 24.1 Å². The second kappa shape index (κ2) is 10.2. The van der Waals surface area contributed by atoms with Crippen molar-refractivity contribution in [2.75, 3.05) is 11.9 Å². The third kappa shape index (κ3) is 4.41. The summed E-state index contributed by atoms with van der Waals surface area (Å²) in [5, 5.41) is 2.79. The van der Waals surface area contributed by atoms with E-state index in [4.69, 9.17) is 9.98 Å². The molecule has 3 aromatic heterocycles. The van der Waals surface area contributed by atoms with Crippen molar-refractivity contribution < 1.29 is 19.0 Å². The fourth-order valence-electron chi connectivity index (χ4n) is 5.26. The van der Waals surface area contributed by atoms with Crippen molar-refractivity contribution >= 4 is 40.6 Å². The van der Waals surface area contributed by atoms with Gasteiger partial charge in [-0.15, -0.1) is 0 Å². The molecule has 1 atom stereocenters. The van der Waals surface area contributed by atoms with E-state index in [2.05, 4.69) is 22.1 Å². The van der Waals surface area contributed by atoms with Crippen LogP contribution >= 0.6 is 0 Å². The van der Waals surface area contributed by atoms with Crippen molar-refractivity contribution in [1.82, 2.24) is 19.3 Å². The zero-order valence-electron chi connectivity index (χ0n) is 22.1. The number of carbonyl (C=O) groups excluding carboxylic acids is 3. The largest absolute Gasteiger partial charge is 0.356 e. The van der Waals surface area contributed by atoms with Crippen molar-refractivity contribution in [3.05, 3.63) is 72.4 Å². The Labute approximate surface area is 230 Å². The van der Waals surface area contributed by atoms with Crippen LogP contribution in [0.25, 0.3) is 16.8 Å². The molecule has 2 aliphatic rings. The minimum atomic E-state index is -0.281. The molecule has 0 aliphatic carbocycles. The van der Waals surface area contributed by atoms with Crippen LogP contribution in [0.2, 0.25) is 0 Å². The lowest BCUT2D eigenvalue weighted by molar-refractivity contribution is -0.560. The number of amides is 2. The Hall–Kier alpha value is -5.17. The average molecular weight is 533 g/mol. The summed E-state index contributed by atoms with van der Waals surface area (Å²) in [6.07, 6.45) is 6.94. The lowest BCUT2D eigenvalue weighted by Gasteiger charge is -2.21. The van der Waals surface area contributed by atoms with Gasteiger partial charge in [0.2, 0.25) is 0 Å². The second-order valence-corrected chi connectivity index (χ2v) is 9.72. The molecule has 198 valence electrons. The van der Waals surface area contributed by atoms with Gasteiger partial charge in [0, 0.05) is 23.9 Å². The molecule has 1 fully saturated rings. The van der Waals surface area contributed by atoms with Crippen molar-refractivity contribution in [3.8, 4) is 23.1 Å². The van der Waals surface area contributed by atoms with E-state index < -0.39 is 0 Å². The van der Waals surface area contributed by atoms with E-state index in [-0.39, 0.29) is 30.2 Å².